The number of rotatable bonds is 4. The van der Waals surface area contributed by atoms with Crippen LogP contribution in [0.3, 0.4) is 0 Å². The minimum Gasteiger partial charge on any atom is -0.324 e. The van der Waals surface area contributed by atoms with Crippen LogP contribution in [0.4, 0.5) is 5.69 Å². The minimum atomic E-state index is -3.47. The second kappa shape index (κ2) is 6.27. The molecule has 2 rings (SSSR count). The summed E-state index contributed by atoms with van der Waals surface area (Å²) in [5, 5.41) is 10.0. The first-order valence-electron chi connectivity index (χ1n) is 6.99. The molecule has 0 aliphatic heterocycles. The number of hydrogen-bond acceptors (Lipinski definition) is 4. The number of nitrogens with zero attached hydrogens (tertiary/aromatic N) is 1. The van der Waals surface area contributed by atoms with Gasteiger partial charge in [0.1, 0.15) is 11.3 Å². The maximum Gasteiger partial charge on any atom is 0.242 e. The topological polar surface area (TPSA) is 87.0 Å². The maximum atomic E-state index is 12.4. The molecule has 6 heteroatoms. The lowest BCUT2D eigenvalue weighted by Crippen LogP contribution is -2.37. The summed E-state index contributed by atoms with van der Waals surface area (Å²) in [5.74, 6) is -0.579. The number of carbonyl (C=O) groups excluding carboxylic acids is 1. The quantitative estimate of drug-likeness (QED) is 0.924. The average molecular weight is 306 g/mol. The molecule has 1 atom stereocenters. The van der Waals surface area contributed by atoms with E-state index in [9.17, 15) is 13.2 Å². The molecular weight excluding hydrogens is 288 g/mol. The molecule has 0 saturated heterocycles. The van der Waals surface area contributed by atoms with Gasteiger partial charge in [-0.15, -0.1) is 0 Å². The van der Waals surface area contributed by atoms with Crippen LogP contribution in [0.1, 0.15) is 38.2 Å². The average Bonchev–Trinajstić information content (AvgIpc) is 3.02. The van der Waals surface area contributed by atoms with Crippen LogP contribution in [0, 0.1) is 11.3 Å². The molecule has 1 unspecified atom stereocenters. The van der Waals surface area contributed by atoms with Gasteiger partial charge in [-0.1, -0.05) is 25.0 Å². The van der Waals surface area contributed by atoms with Crippen LogP contribution >= 0.6 is 0 Å². The van der Waals surface area contributed by atoms with Crippen LogP contribution in [0.5, 0.6) is 0 Å². The molecule has 1 saturated carbocycles. The Morgan fingerprint density at radius 1 is 1.33 bits per heavy atom. The van der Waals surface area contributed by atoms with Gasteiger partial charge in [0.2, 0.25) is 5.91 Å². The Kier molecular flexibility index (Phi) is 4.63. The molecule has 0 aromatic heterocycles. The number of nitrogens with one attached hydrogen (secondary N) is 1. The summed E-state index contributed by atoms with van der Waals surface area (Å²) < 4.78 is 24.8. The van der Waals surface area contributed by atoms with Crippen molar-refractivity contribution in [1.29, 1.82) is 5.26 Å². The molecule has 1 aromatic carbocycles. The number of carbonyl (C=O) groups is 1. The first-order valence-corrected chi connectivity index (χ1v) is 8.60. The normalized spacial score (nSPS) is 17.1. The SMILES string of the molecule is CC(C(=O)Nc1ccccc1C#N)S(=O)(=O)C1CCCC1. The van der Waals surface area contributed by atoms with Crippen molar-refractivity contribution < 1.29 is 13.2 Å². The van der Waals surface area contributed by atoms with E-state index in [-0.39, 0.29) is 0 Å². The number of anilines is 1. The van der Waals surface area contributed by atoms with Gasteiger partial charge in [-0.05, 0) is 31.9 Å². The van der Waals surface area contributed by atoms with Gasteiger partial charge in [0.15, 0.2) is 9.84 Å². The molecule has 1 amide bonds. The van der Waals surface area contributed by atoms with Gasteiger partial charge < -0.3 is 5.32 Å². The van der Waals surface area contributed by atoms with E-state index >= 15 is 0 Å². The fourth-order valence-electron chi connectivity index (χ4n) is 2.58. The molecular formula is C15H18N2O3S. The summed E-state index contributed by atoms with van der Waals surface area (Å²) in [4.78, 5) is 12.2. The highest BCUT2D eigenvalue weighted by Gasteiger charge is 2.37. The summed E-state index contributed by atoms with van der Waals surface area (Å²) in [6, 6.07) is 8.51. The fourth-order valence-corrected chi connectivity index (χ4v) is 4.50. The van der Waals surface area contributed by atoms with E-state index in [0.29, 0.717) is 24.1 Å². The zero-order valence-corrected chi connectivity index (χ0v) is 12.7. The maximum absolute atomic E-state index is 12.4. The van der Waals surface area contributed by atoms with E-state index in [0.717, 1.165) is 12.8 Å². The van der Waals surface area contributed by atoms with E-state index in [1.165, 1.54) is 6.92 Å². The Morgan fingerprint density at radius 2 is 1.95 bits per heavy atom. The summed E-state index contributed by atoms with van der Waals surface area (Å²) >= 11 is 0. The molecule has 1 N–H and O–H groups in total. The highest BCUT2D eigenvalue weighted by Crippen LogP contribution is 2.28. The Balaban J connectivity index is 2.15. The molecule has 1 aliphatic carbocycles. The molecule has 0 bridgehead atoms. The Bertz CT molecular complexity index is 670. The molecule has 1 fully saturated rings. The predicted octanol–water partition coefficient (Wildman–Crippen LogP) is 2.24. The molecule has 1 aliphatic rings. The molecule has 0 radical (unpaired) electrons. The molecule has 21 heavy (non-hydrogen) atoms. The lowest BCUT2D eigenvalue weighted by molar-refractivity contribution is -0.115. The van der Waals surface area contributed by atoms with Crippen LogP contribution in [-0.4, -0.2) is 24.8 Å². The van der Waals surface area contributed by atoms with Crippen molar-refractivity contribution in [3.8, 4) is 6.07 Å². The second-order valence-electron chi connectivity index (χ2n) is 5.28. The zero-order valence-electron chi connectivity index (χ0n) is 11.9. The van der Waals surface area contributed by atoms with E-state index in [4.69, 9.17) is 5.26 Å². The van der Waals surface area contributed by atoms with Crippen molar-refractivity contribution in [2.45, 2.75) is 43.1 Å². The highest BCUT2D eigenvalue weighted by atomic mass is 32.2. The smallest absolute Gasteiger partial charge is 0.242 e. The fraction of sp³-hybridized carbons (Fsp3) is 0.467. The Morgan fingerprint density at radius 3 is 2.57 bits per heavy atom. The number of amides is 1. The summed E-state index contributed by atoms with van der Waals surface area (Å²) in [7, 11) is -3.47. The van der Waals surface area contributed by atoms with Gasteiger partial charge in [0, 0.05) is 0 Å². The Labute approximate surface area is 124 Å². The second-order valence-corrected chi connectivity index (χ2v) is 7.84. The van der Waals surface area contributed by atoms with Crippen molar-refractivity contribution in [3.05, 3.63) is 29.8 Å². The van der Waals surface area contributed by atoms with Crippen LogP contribution in [0.2, 0.25) is 0 Å². The van der Waals surface area contributed by atoms with Gasteiger partial charge in [0.05, 0.1) is 16.5 Å². The molecule has 0 heterocycles. The number of sulfone groups is 1. The van der Waals surface area contributed by atoms with Crippen molar-refractivity contribution >= 4 is 21.4 Å². The molecule has 5 nitrogen and oxygen atoms in total. The largest absolute Gasteiger partial charge is 0.324 e. The van der Waals surface area contributed by atoms with E-state index < -0.39 is 26.2 Å². The number of nitriles is 1. The van der Waals surface area contributed by atoms with Crippen molar-refractivity contribution in [3.63, 3.8) is 0 Å². The van der Waals surface area contributed by atoms with Gasteiger partial charge in [-0.3, -0.25) is 4.79 Å². The first-order chi connectivity index (χ1) is 9.96. The lowest BCUT2D eigenvalue weighted by Gasteiger charge is -2.18. The van der Waals surface area contributed by atoms with Crippen LogP contribution in [-0.2, 0) is 14.6 Å². The van der Waals surface area contributed by atoms with Gasteiger partial charge >= 0.3 is 0 Å². The number of hydrogen-bond donors (Lipinski definition) is 1. The van der Waals surface area contributed by atoms with Crippen molar-refractivity contribution in [2.24, 2.45) is 0 Å². The lowest BCUT2D eigenvalue weighted by atomic mass is 10.2. The van der Waals surface area contributed by atoms with E-state index in [1.54, 1.807) is 24.3 Å². The third kappa shape index (κ3) is 3.24. The van der Waals surface area contributed by atoms with Crippen LogP contribution in [0.25, 0.3) is 0 Å². The minimum absolute atomic E-state index is 0.316. The van der Waals surface area contributed by atoms with Gasteiger partial charge in [-0.2, -0.15) is 5.26 Å². The van der Waals surface area contributed by atoms with E-state index in [1.807, 2.05) is 6.07 Å². The third-order valence-electron chi connectivity index (χ3n) is 3.93. The summed E-state index contributed by atoms with van der Waals surface area (Å²) in [5.41, 5.74) is 0.662. The molecule has 0 spiro atoms. The van der Waals surface area contributed by atoms with Gasteiger partial charge in [0.25, 0.3) is 0 Å². The third-order valence-corrected chi connectivity index (χ3v) is 6.53. The molecule has 112 valence electrons. The van der Waals surface area contributed by atoms with Crippen LogP contribution < -0.4 is 5.32 Å². The van der Waals surface area contributed by atoms with Crippen molar-refractivity contribution in [2.75, 3.05) is 5.32 Å². The van der Waals surface area contributed by atoms with Gasteiger partial charge in [-0.25, -0.2) is 8.42 Å². The summed E-state index contributed by atoms with van der Waals surface area (Å²) in [6.45, 7) is 1.41. The monoisotopic (exact) mass is 306 g/mol. The number of benzene rings is 1. The zero-order chi connectivity index (χ0) is 15.5. The first kappa shape index (κ1) is 15.5. The summed E-state index contributed by atoms with van der Waals surface area (Å²) in [6.07, 6.45) is 3.06. The standard InChI is InChI=1S/C15H18N2O3S/c1-11(21(19,20)13-7-3-4-8-13)15(18)17-14-9-5-2-6-12(14)10-16/h2,5-6,9,11,13H,3-4,7-8H2,1H3,(H,17,18). The van der Waals surface area contributed by atoms with Crippen LogP contribution in [0.15, 0.2) is 24.3 Å². The predicted molar refractivity (Wildman–Crippen MR) is 80.4 cm³/mol. The van der Waals surface area contributed by atoms with Crippen molar-refractivity contribution in [1.82, 2.24) is 0 Å². The highest BCUT2D eigenvalue weighted by molar-refractivity contribution is 7.93. The Hall–Kier alpha value is -1.87. The van der Waals surface area contributed by atoms with E-state index in [2.05, 4.69) is 5.32 Å². The number of para-hydroxylation sites is 1. The molecule has 1 aromatic rings.